The van der Waals surface area contributed by atoms with Crippen LogP contribution in [0.2, 0.25) is 0 Å². The number of amides is 3. The number of carbonyl (C=O) groups is 3. The zero-order valence-electron chi connectivity index (χ0n) is 17.4. The standard InChI is InChI=1S/C22H27N3O5/c1-22(2,3)30-21(28)23-14-13-19(26)24-16-9-11-17(12-10-16)25-20(27)15-29-18-7-5-4-6-8-18/h4-12H,13-15H2,1-3H3,(H,23,28)(H,24,26)(H,25,27). The fourth-order valence-corrected chi connectivity index (χ4v) is 2.32. The van der Waals surface area contributed by atoms with E-state index >= 15 is 0 Å². The molecule has 160 valence electrons. The van der Waals surface area contributed by atoms with Crippen LogP contribution >= 0.6 is 0 Å². The number of hydrogen-bond donors (Lipinski definition) is 3. The highest BCUT2D eigenvalue weighted by atomic mass is 16.6. The zero-order chi connectivity index (χ0) is 22.0. The van der Waals surface area contributed by atoms with Gasteiger partial charge >= 0.3 is 6.09 Å². The number of hydrogen-bond acceptors (Lipinski definition) is 5. The highest BCUT2D eigenvalue weighted by molar-refractivity contribution is 5.93. The highest BCUT2D eigenvalue weighted by Gasteiger charge is 2.15. The van der Waals surface area contributed by atoms with Crippen molar-refractivity contribution in [1.29, 1.82) is 0 Å². The van der Waals surface area contributed by atoms with Crippen molar-refractivity contribution in [3.63, 3.8) is 0 Å². The second-order valence-corrected chi connectivity index (χ2v) is 7.45. The van der Waals surface area contributed by atoms with Crippen molar-refractivity contribution in [1.82, 2.24) is 5.32 Å². The maximum Gasteiger partial charge on any atom is 0.407 e. The summed E-state index contributed by atoms with van der Waals surface area (Å²) in [5.74, 6) is 0.0785. The average molecular weight is 413 g/mol. The SMILES string of the molecule is CC(C)(C)OC(=O)NCCC(=O)Nc1ccc(NC(=O)COc2ccccc2)cc1. The third-order valence-electron chi connectivity index (χ3n) is 3.59. The normalized spacial score (nSPS) is 10.6. The van der Waals surface area contributed by atoms with E-state index in [1.54, 1.807) is 57.2 Å². The van der Waals surface area contributed by atoms with Crippen molar-refractivity contribution in [2.75, 3.05) is 23.8 Å². The second kappa shape index (κ2) is 10.8. The van der Waals surface area contributed by atoms with E-state index in [1.165, 1.54) is 0 Å². The molecule has 0 fully saturated rings. The summed E-state index contributed by atoms with van der Waals surface area (Å²) in [5.41, 5.74) is 0.578. The van der Waals surface area contributed by atoms with Crippen LogP contribution in [0.1, 0.15) is 27.2 Å². The molecule has 0 saturated carbocycles. The van der Waals surface area contributed by atoms with E-state index in [0.29, 0.717) is 17.1 Å². The lowest BCUT2D eigenvalue weighted by Gasteiger charge is -2.19. The third-order valence-corrected chi connectivity index (χ3v) is 3.59. The van der Waals surface area contributed by atoms with E-state index in [2.05, 4.69) is 16.0 Å². The molecule has 0 radical (unpaired) electrons. The summed E-state index contributed by atoms with van der Waals surface area (Å²) in [6.07, 6.45) is -0.458. The average Bonchev–Trinajstić information content (AvgIpc) is 2.67. The van der Waals surface area contributed by atoms with Crippen molar-refractivity contribution in [3.8, 4) is 5.75 Å². The molecule has 0 heterocycles. The predicted molar refractivity (Wildman–Crippen MR) is 114 cm³/mol. The number of nitrogens with one attached hydrogen (secondary N) is 3. The maximum absolute atomic E-state index is 12.0. The van der Waals surface area contributed by atoms with Gasteiger partial charge in [0.2, 0.25) is 5.91 Å². The molecule has 0 aliphatic rings. The van der Waals surface area contributed by atoms with Crippen molar-refractivity contribution >= 4 is 29.3 Å². The Bertz CT molecular complexity index is 845. The lowest BCUT2D eigenvalue weighted by Crippen LogP contribution is -2.34. The molecular weight excluding hydrogens is 386 g/mol. The molecule has 0 aromatic heterocycles. The largest absolute Gasteiger partial charge is 0.484 e. The summed E-state index contributed by atoms with van der Waals surface area (Å²) in [6.45, 7) is 5.36. The maximum atomic E-state index is 12.0. The molecule has 8 heteroatoms. The first-order valence-electron chi connectivity index (χ1n) is 9.56. The lowest BCUT2D eigenvalue weighted by molar-refractivity contribution is -0.118. The van der Waals surface area contributed by atoms with Gasteiger partial charge in [0.05, 0.1) is 0 Å². The lowest BCUT2D eigenvalue weighted by atomic mass is 10.2. The van der Waals surface area contributed by atoms with Gasteiger partial charge in [-0.1, -0.05) is 18.2 Å². The molecule has 0 saturated heterocycles. The minimum Gasteiger partial charge on any atom is -0.484 e. The molecule has 0 aliphatic heterocycles. The van der Waals surface area contributed by atoms with E-state index in [-0.39, 0.29) is 31.4 Å². The summed E-state index contributed by atoms with van der Waals surface area (Å²) >= 11 is 0. The summed E-state index contributed by atoms with van der Waals surface area (Å²) in [6, 6.07) is 15.8. The van der Waals surface area contributed by atoms with Crippen LogP contribution < -0.4 is 20.7 Å². The topological polar surface area (TPSA) is 106 Å². The van der Waals surface area contributed by atoms with E-state index in [1.807, 2.05) is 18.2 Å². The van der Waals surface area contributed by atoms with Crippen molar-refractivity contribution in [2.45, 2.75) is 32.8 Å². The van der Waals surface area contributed by atoms with Crippen LogP contribution in [0.25, 0.3) is 0 Å². The second-order valence-electron chi connectivity index (χ2n) is 7.45. The van der Waals surface area contributed by atoms with Crippen LogP contribution in [-0.2, 0) is 14.3 Å². The first-order valence-corrected chi connectivity index (χ1v) is 9.56. The molecule has 30 heavy (non-hydrogen) atoms. The summed E-state index contributed by atoms with van der Waals surface area (Å²) in [5, 5.41) is 7.97. The predicted octanol–water partition coefficient (Wildman–Crippen LogP) is 3.56. The summed E-state index contributed by atoms with van der Waals surface area (Å²) in [4.78, 5) is 35.5. The van der Waals surface area contributed by atoms with Gasteiger partial charge in [0, 0.05) is 24.3 Å². The monoisotopic (exact) mass is 413 g/mol. The highest BCUT2D eigenvalue weighted by Crippen LogP contribution is 2.14. The Morgan fingerprint density at radius 1 is 0.833 bits per heavy atom. The van der Waals surface area contributed by atoms with Gasteiger partial charge in [-0.2, -0.15) is 0 Å². The number of ether oxygens (including phenoxy) is 2. The Hall–Kier alpha value is -3.55. The van der Waals surface area contributed by atoms with Gasteiger partial charge in [0.25, 0.3) is 5.91 Å². The van der Waals surface area contributed by atoms with Gasteiger partial charge in [-0.25, -0.2) is 4.79 Å². The number of para-hydroxylation sites is 1. The van der Waals surface area contributed by atoms with E-state index in [0.717, 1.165) is 0 Å². The Morgan fingerprint density at radius 2 is 1.40 bits per heavy atom. The van der Waals surface area contributed by atoms with Crippen molar-refractivity contribution < 1.29 is 23.9 Å². The molecule has 2 aromatic carbocycles. The van der Waals surface area contributed by atoms with Crippen LogP contribution in [0.3, 0.4) is 0 Å². The van der Waals surface area contributed by atoms with Gasteiger partial charge < -0.3 is 25.4 Å². The van der Waals surface area contributed by atoms with Crippen LogP contribution in [0.4, 0.5) is 16.2 Å². The van der Waals surface area contributed by atoms with Crippen molar-refractivity contribution in [2.24, 2.45) is 0 Å². The molecule has 2 rings (SSSR count). The van der Waals surface area contributed by atoms with Gasteiger partial charge in [-0.3, -0.25) is 9.59 Å². The molecule has 0 unspecified atom stereocenters. The van der Waals surface area contributed by atoms with E-state index in [9.17, 15) is 14.4 Å². The minimum absolute atomic E-state index is 0.104. The smallest absolute Gasteiger partial charge is 0.407 e. The van der Waals surface area contributed by atoms with Crippen LogP contribution in [0.15, 0.2) is 54.6 Å². The number of anilines is 2. The molecule has 2 aromatic rings. The minimum atomic E-state index is -0.586. The number of rotatable bonds is 8. The van der Waals surface area contributed by atoms with Gasteiger partial charge in [0.1, 0.15) is 11.4 Å². The molecular formula is C22H27N3O5. The van der Waals surface area contributed by atoms with Gasteiger partial charge in [0.15, 0.2) is 6.61 Å². The van der Waals surface area contributed by atoms with E-state index in [4.69, 9.17) is 9.47 Å². The molecule has 0 aliphatic carbocycles. The Balaban J connectivity index is 1.70. The van der Waals surface area contributed by atoms with Gasteiger partial charge in [-0.15, -0.1) is 0 Å². The molecule has 3 N–H and O–H groups in total. The number of alkyl carbamates (subject to hydrolysis) is 1. The van der Waals surface area contributed by atoms with Crippen LogP contribution in [-0.4, -0.2) is 36.7 Å². The van der Waals surface area contributed by atoms with Crippen molar-refractivity contribution in [3.05, 3.63) is 54.6 Å². The third kappa shape index (κ3) is 9.09. The zero-order valence-corrected chi connectivity index (χ0v) is 17.4. The molecule has 0 atom stereocenters. The van der Waals surface area contributed by atoms with E-state index < -0.39 is 11.7 Å². The first-order chi connectivity index (χ1) is 14.2. The summed E-state index contributed by atoms with van der Waals surface area (Å²) in [7, 11) is 0. The van der Waals surface area contributed by atoms with Gasteiger partial charge in [-0.05, 0) is 57.2 Å². The quantitative estimate of drug-likeness (QED) is 0.614. The fourth-order valence-electron chi connectivity index (χ4n) is 2.32. The fraction of sp³-hybridized carbons (Fsp3) is 0.318. The molecule has 0 bridgehead atoms. The number of benzene rings is 2. The van der Waals surface area contributed by atoms with Crippen LogP contribution in [0, 0.1) is 0 Å². The summed E-state index contributed by atoms with van der Waals surface area (Å²) < 4.78 is 10.5. The Morgan fingerprint density at radius 3 is 1.97 bits per heavy atom. The molecule has 0 spiro atoms. The molecule has 3 amide bonds. The molecule has 8 nitrogen and oxygen atoms in total. The number of carbonyl (C=O) groups excluding carboxylic acids is 3. The first kappa shape index (κ1) is 22.7. The van der Waals surface area contributed by atoms with Crippen LogP contribution in [0.5, 0.6) is 5.75 Å². The Labute approximate surface area is 175 Å². The Kier molecular flexibility index (Phi) is 8.22.